The maximum absolute atomic E-state index is 12.1. The fraction of sp³-hybridized carbons (Fsp3) is 0.643. The molecule has 0 aliphatic carbocycles. The minimum Gasteiger partial charge on any atom is -0.444 e. The number of halogens is 1. The molecule has 0 saturated carbocycles. The summed E-state index contributed by atoms with van der Waals surface area (Å²) in [6.45, 7) is 8.90. The zero-order valence-electron chi connectivity index (χ0n) is 12.8. The Bertz CT molecular complexity index is 518. The molecule has 1 aliphatic heterocycles. The molecule has 2 unspecified atom stereocenters. The molecule has 1 fully saturated rings. The zero-order chi connectivity index (χ0) is 15.6. The van der Waals surface area contributed by atoms with E-state index in [0.717, 1.165) is 0 Å². The van der Waals surface area contributed by atoms with Crippen molar-refractivity contribution in [2.24, 2.45) is 5.92 Å². The molecule has 2 rings (SSSR count). The molecule has 1 aliphatic rings. The third-order valence-corrected chi connectivity index (χ3v) is 3.38. The molecule has 1 N–H and O–H groups in total. The highest BCUT2D eigenvalue weighted by Crippen LogP contribution is 2.22. The van der Waals surface area contributed by atoms with E-state index in [2.05, 4.69) is 22.2 Å². The smallest absolute Gasteiger partial charge is 0.410 e. The van der Waals surface area contributed by atoms with Crippen LogP contribution in [-0.4, -0.2) is 45.7 Å². The molecule has 2 heterocycles. The van der Waals surface area contributed by atoms with Crippen molar-refractivity contribution < 1.29 is 9.53 Å². The Hall–Kier alpha value is -1.56. The van der Waals surface area contributed by atoms with Crippen molar-refractivity contribution in [3.63, 3.8) is 0 Å². The summed E-state index contributed by atoms with van der Waals surface area (Å²) in [4.78, 5) is 21.9. The Morgan fingerprint density at radius 3 is 2.76 bits per heavy atom. The van der Waals surface area contributed by atoms with Crippen molar-refractivity contribution in [1.82, 2.24) is 14.9 Å². The first-order valence-corrected chi connectivity index (χ1v) is 7.34. The number of likely N-dealkylation sites (tertiary alicyclic amines) is 1. The van der Waals surface area contributed by atoms with Gasteiger partial charge in [-0.2, -0.15) is 0 Å². The first-order chi connectivity index (χ1) is 9.74. The molecule has 116 valence electrons. The quantitative estimate of drug-likeness (QED) is 0.909. The molecule has 1 aromatic rings. The first-order valence-electron chi connectivity index (χ1n) is 6.96. The average Bonchev–Trinajstić information content (AvgIpc) is 2.69. The minimum absolute atomic E-state index is 0.102. The van der Waals surface area contributed by atoms with Gasteiger partial charge in [-0.1, -0.05) is 18.5 Å². The lowest BCUT2D eigenvalue weighted by Crippen LogP contribution is -2.36. The van der Waals surface area contributed by atoms with E-state index in [1.54, 1.807) is 11.1 Å². The largest absolute Gasteiger partial charge is 0.444 e. The molecular weight excluding hydrogens is 292 g/mol. The molecule has 1 amide bonds. The molecule has 7 heteroatoms. The van der Waals surface area contributed by atoms with E-state index in [0.29, 0.717) is 30.0 Å². The van der Waals surface area contributed by atoms with Gasteiger partial charge >= 0.3 is 6.09 Å². The van der Waals surface area contributed by atoms with Crippen molar-refractivity contribution in [3.8, 4) is 0 Å². The van der Waals surface area contributed by atoms with Crippen LogP contribution in [0.2, 0.25) is 5.15 Å². The Balaban J connectivity index is 1.96. The van der Waals surface area contributed by atoms with Crippen molar-refractivity contribution in [1.29, 1.82) is 0 Å². The van der Waals surface area contributed by atoms with Crippen LogP contribution >= 0.6 is 11.6 Å². The van der Waals surface area contributed by atoms with Gasteiger partial charge in [-0.25, -0.2) is 9.78 Å². The summed E-state index contributed by atoms with van der Waals surface area (Å²) < 4.78 is 5.40. The van der Waals surface area contributed by atoms with Gasteiger partial charge in [0, 0.05) is 19.1 Å². The summed E-state index contributed by atoms with van der Waals surface area (Å²) in [7, 11) is 0. The van der Waals surface area contributed by atoms with Gasteiger partial charge in [-0.05, 0) is 26.7 Å². The number of amides is 1. The number of carbonyl (C=O) groups excluding carboxylic acids is 1. The summed E-state index contributed by atoms with van der Waals surface area (Å²) in [5.74, 6) is 0.906. The van der Waals surface area contributed by atoms with Crippen LogP contribution in [-0.2, 0) is 4.74 Å². The zero-order valence-corrected chi connectivity index (χ0v) is 13.5. The van der Waals surface area contributed by atoms with Gasteiger partial charge in [0.1, 0.15) is 16.6 Å². The number of anilines is 1. The van der Waals surface area contributed by atoms with Crippen molar-refractivity contribution in [2.75, 3.05) is 18.4 Å². The van der Waals surface area contributed by atoms with E-state index in [9.17, 15) is 4.79 Å². The fourth-order valence-electron chi connectivity index (χ4n) is 2.23. The van der Waals surface area contributed by atoms with Gasteiger partial charge in [-0.15, -0.1) is 0 Å². The number of hydrogen-bond donors (Lipinski definition) is 1. The second kappa shape index (κ2) is 6.05. The molecule has 1 aromatic heterocycles. The molecule has 0 radical (unpaired) electrons. The highest BCUT2D eigenvalue weighted by Gasteiger charge is 2.34. The van der Waals surface area contributed by atoms with Crippen LogP contribution in [0.4, 0.5) is 10.6 Å². The van der Waals surface area contributed by atoms with Crippen LogP contribution < -0.4 is 5.32 Å². The maximum Gasteiger partial charge on any atom is 0.410 e. The van der Waals surface area contributed by atoms with E-state index < -0.39 is 5.60 Å². The molecule has 0 spiro atoms. The molecule has 0 bridgehead atoms. The Kier molecular flexibility index (Phi) is 4.56. The minimum atomic E-state index is -0.482. The van der Waals surface area contributed by atoms with Gasteiger partial charge in [0.15, 0.2) is 0 Å². The lowest BCUT2D eigenvalue weighted by atomic mass is 10.1. The van der Waals surface area contributed by atoms with Crippen molar-refractivity contribution in [3.05, 3.63) is 17.5 Å². The third kappa shape index (κ3) is 4.46. The monoisotopic (exact) mass is 312 g/mol. The lowest BCUT2D eigenvalue weighted by molar-refractivity contribution is 0.0288. The highest BCUT2D eigenvalue weighted by molar-refractivity contribution is 6.29. The summed E-state index contributed by atoms with van der Waals surface area (Å²) in [6.07, 6.45) is 2.82. The normalized spacial score (nSPS) is 22.2. The Labute approximate surface area is 129 Å². The molecule has 6 nitrogen and oxygen atoms in total. The van der Waals surface area contributed by atoms with Crippen LogP contribution in [0.25, 0.3) is 0 Å². The Morgan fingerprint density at radius 1 is 1.43 bits per heavy atom. The number of rotatable bonds is 2. The van der Waals surface area contributed by atoms with Crippen LogP contribution in [0.15, 0.2) is 12.4 Å². The fourth-order valence-corrected chi connectivity index (χ4v) is 2.38. The first kappa shape index (κ1) is 15.8. The van der Waals surface area contributed by atoms with Crippen LogP contribution in [0, 0.1) is 5.92 Å². The van der Waals surface area contributed by atoms with E-state index in [1.165, 1.54) is 6.20 Å². The summed E-state index contributed by atoms with van der Waals surface area (Å²) in [5, 5.41) is 3.61. The Morgan fingerprint density at radius 2 is 2.14 bits per heavy atom. The van der Waals surface area contributed by atoms with Crippen molar-refractivity contribution >= 4 is 23.5 Å². The highest BCUT2D eigenvalue weighted by atomic mass is 35.5. The second-order valence-corrected chi connectivity index (χ2v) is 6.73. The molecular formula is C14H21ClN4O2. The third-order valence-electron chi connectivity index (χ3n) is 3.20. The standard InChI is InChI=1S/C14H21ClN4O2/c1-9-7-19(13(20)21-14(2,3)4)8-10(9)17-12-6-16-5-11(15)18-12/h5-6,9-10H,7-8H2,1-4H3,(H,17,18). The van der Waals surface area contributed by atoms with E-state index in [4.69, 9.17) is 16.3 Å². The molecule has 0 aromatic carbocycles. The van der Waals surface area contributed by atoms with E-state index >= 15 is 0 Å². The summed E-state index contributed by atoms with van der Waals surface area (Å²) in [6, 6.07) is 0.102. The predicted molar refractivity (Wildman–Crippen MR) is 81.4 cm³/mol. The summed E-state index contributed by atoms with van der Waals surface area (Å²) in [5.41, 5.74) is -0.482. The maximum atomic E-state index is 12.1. The summed E-state index contributed by atoms with van der Waals surface area (Å²) >= 11 is 5.82. The van der Waals surface area contributed by atoms with Gasteiger partial charge in [0.2, 0.25) is 0 Å². The van der Waals surface area contributed by atoms with Gasteiger partial charge in [-0.3, -0.25) is 4.98 Å². The topological polar surface area (TPSA) is 67.3 Å². The van der Waals surface area contributed by atoms with Crippen molar-refractivity contribution in [2.45, 2.75) is 39.3 Å². The number of aromatic nitrogens is 2. The lowest BCUT2D eigenvalue weighted by Gasteiger charge is -2.24. The van der Waals surface area contributed by atoms with E-state index in [-0.39, 0.29) is 12.1 Å². The second-order valence-electron chi connectivity index (χ2n) is 6.34. The van der Waals surface area contributed by atoms with Crippen LogP contribution in [0.5, 0.6) is 0 Å². The number of nitrogens with zero attached hydrogens (tertiary/aromatic N) is 3. The van der Waals surface area contributed by atoms with Gasteiger partial charge < -0.3 is 15.0 Å². The molecule has 1 saturated heterocycles. The molecule has 2 atom stereocenters. The SMILES string of the molecule is CC1CN(C(=O)OC(C)(C)C)CC1Nc1cncc(Cl)n1. The average molecular weight is 313 g/mol. The van der Waals surface area contributed by atoms with Gasteiger partial charge in [0.05, 0.1) is 12.4 Å². The number of nitrogens with one attached hydrogen (secondary N) is 1. The van der Waals surface area contributed by atoms with Crippen LogP contribution in [0.3, 0.4) is 0 Å². The van der Waals surface area contributed by atoms with Gasteiger partial charge in [0.25, 0.3) is 0 Å². The van der Waals surface area contributed by atoms with Crippen LogP contribution in [0.1, 0.15) is 27.7 Å². The predicted octanol–water partition coefficient (Wildman–Crippen LogP) is 2.80. The number of hydrogen-bond acceptors (Lipinski definition) is 5. The number of carbonyl (C=O) groups is 1. The van der Waals surface area contributed by atoms with E-state index in [1.807, 2.05) is 20.8 Å². The molecule has 21 heavy (non-hydrogen) atoms. The number of ether oxygens (including phenoxy) is 1.